The molecule has 0 aromatic heterocycles. The molecule has 2 aliphatic rings. The summed E-state index contributed by atoms with van der Waals surface area (Å²) in [5.74, 6) is 0.415. The fraction of sp³-hybridized carbons (Fsp3) is 0.500. The fourth-order valence-corrected chi connectivity index (χ4v) is 3.20. The van der Waals surface area contributed by atoms with Crippen molar-refractivity contribution in [3.8, 4) is 0 Å². The van der Waals surface area contributed by atoms with E-state index in [1.54, 1.807) is 0 Å². The van der Waals surface area contributed by atoms with Gasteiger partial charge in [0.25, 0.3) is 0 Å². The molecule has 4 nitrogen and oxygen atoms in total. The van der Waals surface area contributed by atoms with Gasteiger partial charge in [0.2, 0.25) is 11.8 Å². The van der Waals surface area contributed by atoms with Gasteiger partial charge in [-0.15, -0.1) is 0 Å². The average Bonchev–Trinajstić information content (AvgIpc) is 3.27. The van der Waals surface area contributed by atoms with Crippen molar-refractivity contribution in [2.75, 3.05) is 0 Å². The monoisotopic (exact) mass is 398 g/mol. The Hall–Kier alpha value is -1.11. The van der Waals surface area contributed by atoms with E-state index < -0.39 is 0 Å². The van der Waals surface area contributed by atoms with Crippen LogP contribution in [0.5, 0.6) is 0 Å². The summed E-state index contributed by atoms with van der Waals surface area (Å²) in [4.78, 5) is 26.6. The predicted octanol–water partition coefficient (Wildman–Crippen LogP) is 2.31. The van der Waals surface area contributed by atoms with Crippen molar-refractivity contribution in [3.05, 3.63) is 33.4 Å². The molecule has 0 bridgehead atoms. The molecule has 5 heteroatoms. The van der Waals surface area contributed by atoms with Crippen LogP contribution in [0.15, 0.2) is 24.3 Å². The van der Waals surface area contributed by atoms with Gasteiger partial charge >= 0.3 is 0 Å². The van der Waals surface area contributed by atoms with Crippen LogP contribution >= 0.6 is 22.6 Å². The summed E-state index contributed by atoms with van der Waals surface area (Å²) < 4.78 is 1.18. The Kier molecular flexibility index (Phi) is 4.19. The number of benzene rings is 1. The number of carbonyl (C=O) groups excluding carboxylic acids is 2. The maximum Gasteiger partial charge on any atom is 0.245 e. The first-order chi connectivity index (χ1) is 10.0. The zero-order valence-corrected chi connectivity index (χ0v) is 14.2. The van der Waals surface area contributed by atoms with Crippen molar-refractivity contribution in [2.45, 2.75) is 44.8 Å². The number of carbonyl (C=O) groups is 2. The van der Waals surface area contributed by atoms with Crippen LogP contribution in [0.25, 0.3) is 0 Å². The molecule has 0 radical (unpaired) electrons. The van der Waals surface area contributed by atoms with Crippen molar-refractivity contribution >= 4 is 34.4 Å². The van der Waals surface area contributed by atoms with Crippen LogP contribution in [-0.4, -0.2) is 28.8 Å². The molecule has 21 heavy (non-hydrogen) atoms. The highest BCUT2D eigenvalue weighted by molar-refractivity contribution is 14.1. The Labute approximate surface area is 138 Å². The summed E-state index contributed by atoms with van der Waals surface area (Å²) in [7, 11) is 0. The molecule has 112 valence electrons. The molecule has 1 aromatic carbocycles. The quantitative estimate of drug-likeness (QED) is 0.795. The third kappa shape index (κ3) is 3.39. The van der Waals surface area contributed by atoms with Crippen LogP contribution in [0.4, 0.5) is 0 Å². The van der Waals surface area contributed by atoms with E-state index in [4.69, 9.17) is 0 Å². The number of halogens is 1. The van der Waals surface area contributed by atoms with E-state index in [0.29, 0.717) is 18.9 Å². The third-order valence-electron chi connectivity index (χ3n) is 4.24. The summed E-state index contributed by atoms with van der Waals surface area (Å²) in [5, 5.41) is 2.91. The summed E-state index contributed by atoms with van der Waals surface area (Å²) in [5.41, 5.74) is 1.11. The van der Waals surface area contributed by atoms with Gasteiger partial charge in [0, 0.05) is 22.6 Å². The van der Waals surface area contributed by atoms with E-state index in [0.717, 1.165) is 18.4 Å². The van der Waals surface area contributed by atoms with Crippen molar-refractivity contribution in [1.82, 2.24) is 10.2 Å². The number of hydrogen-bond acceptors (Lipinski definition) is 2. The predicted molar refractivity (Wildman–Crippen MR) is 88.4 cm³/mol. The van der Waals surface area contributed by atoms with Crippen LogP contribution in [0.2, 0.25) is 0 Å². The standard InChI is InChI=1S/C16H19IN2O2/c1-10-8-14(20)18-15(12-4-5-12)16(21)19(10)9-11-2-6-13(17)7-3-11/h2-3,6-7,10,12,15H,4-5,8-9H2,1H3,(H,18,20). The van der Waals surface area contributed by atoms with Gasteiger partial charge in [-0.25, -0.2) is 0 Å². The highest BCUT2D eigenvalue weighted by Gasteiger charge is 2.42. The van der Waals surface area contributed by atoms with Crippen LogP contribution < -0.4 is 5.32 Å². The lowest BCUT2D eigenvalue weighted by atomic mass is 10.1. The zero-order valence-electron chi connectivity index (χ0n) is 12.0. The first kappa shape index (κ1) is 14.8. The van der Waals surface area contributed by atoms with Gasteiger partial charge in [-0.2, -0.15) is 0 Å². The van der Waals surface area contributed by atoms with E-state index in [9.17, 15) is 9.59 Å². The van der Waals surface area contributed by atoms with Crippen LogP contribution in [-0.2, 0) is 16.1 Å². The third-order valence-corrected chi connectivity index (χ3v) is 4.96. The topological polar surface area (TPSA) is 49.4 Å². The summed E-state index contributed by atoms with van der Waals surface area (Å²) in [6, 6.07) is 7.82. The molecular weight excluding hydrogens is 379 g/mol. The number of rotatable bonds is 3. The molecule has 3 rings (SSSR count). The minimum atomic E-state index is -0.314. The Bertz CT molecular complexity index is 554. The van der Waals surface area contributed by atoms with Crippen molar-refractivity contribution in [3.63, 3.8) is 0 Å². The number of nitrogens with one attached hydrogen (secondary N) is 1. The maximum atomic E-state index is 12.8. The molecule has 1 aromatic rings. The SMILES string of the molecule is CC1CC(=O)NC(C2CC2)C(=O)N1Cc1ccc(I)cc1. The maximum absolute atomic E-state index is 12.8. The minimum absolute atomic E-state index is 0.00198. The van der Waals surface area contributed by atoms with E-state index in [1.807, 2.05) is 36.1 Å². The average molecular weight is 398 g/mol. The molecule has 1 heterocycles. The second kappa shape index (κ2) is 5.94. The Balaban J connectivity index is 1.81. The van der Waals surface area contributed by atoms with Crippen LogP contribution in [0, 0.1) is 9.49 Å². The molecule has 2 amide bonds. The van der Waals surface area contributed by atoms with E-state index >= 15 is 0 Å². The van der Waals surface area contributed by atoms with Gasteiger partial charge in [0.1, 0.15) is 6.04 Å². The van der Waals surface area contributed by atoms with Gasteiger partial charge in [-0.3, -0.25) is 9.59 Å². The van der Waals surface area contributed by atoms with E-state index in [1.165, 1.54) is 3.57 Å². The lowest BCUT2D eigenvalue weighted by Crippen LogP contribution is -2.47. The van der Waals surface area contributed by atoms with Crippen molar-refractivity contribution in [2.24, 2.45) is 5.92 Å². The first-order valence-corrected chi connectivity index (χ1v) is 8.47. The van der Waals surface area contributed by atoms with E-state index in [-0.39, 0.29) is 23.9 Å². The molecule has 0 spiro atoms. The number of hydrogen-bond donors (Lipinski definition) is 1. The smallest absolute Gasteiger partial charge is 0.245 e. The Morgan fingerprint density at radius 3 is 2.52 bits per heavy atom. The van der Waals surface area contributed by atoms with Crippen LogP contribution in [0.1, 0.15) is 31.7 Å². The first-order valence-electron chi connectivity index (χ1n) is 7.39. The second-order valence-electron chi connectivity index (χ2n) is 6.03. The van der Waals surface area contributed by atoms with Gasteiger partial charge < -0.3 is 10.2 Å². The molecule has 1 aliphatic carbocycles. The summed E-state index contributed by atoms with van der Waals surface area (Å²) in [6.07, 6.45) is 2.48. The summed E-state index contributed by atoms with van der Waals surface area (Å²) >= 11 is 2.27. The number of amides is 2. The molecule has 1 saturated heterocycles. The molecule has 2 atom stereocenters. The van der Waals surface area contributed by atoms with Gasteiger partial charge in [-0.1, -0.05) is 12.1 Å². The zero-order chi connectivity index (χ0) is 15.0. The van der Waals surface area contributed by atoms with Gasteiger partial charge in [-0.05, 0) is 66.0 Å². The van der Waals surface area contributed by atoms with Gasteiger partial charge in [0.05, 0.1) is 0 Å². The van der Waals surface area contributed by atoms with E-state index in [2.05, 4.69) is 27.9 Å². The minimum Gasteiger partial charge on any atom is -0.344 e. The number of nitrogens with zero attached hydrogens (tertiary/aromatic N) is 1. The fourth-order valence-electron chi connectivity index (χ4n) is 2.84. The molecule has 1 N–H and O–H groups in total. The van der Waals surface area contributed by atoms with Gasteiger partial charge in [0.15, 0.2) is 0 Å². The van der Waals surface area contributed by atoms with Crippen molar-refractivity contribution in [1.29, 1.82) is 0 Å². The molecule has 1 saturated carbocycles. The second-order valence-corrected chi connectivity index (χ2v) is 7.27. The lowest BCUT2D eigenvalue weighted by Gasteiger charge is -2.29. The summed E-state index contributed by atoms with van der Waals surface area (Å²) in [6.45, 7) is 2.54. The largest absolute Gasteiger partial charge is 0.344 e. The molecular formula is C16H19IN2O2. The normalized spacial score (nSPS) is 26.5. The molecule has 2 fully saturated rings. The Morgan fingerprint density at radius 2 is 1.90 bits per heavy atom. The highest BCUT2D eigenvalue weighted by atomic mass is 127. The van der Waals surface area contributed by atoms with Crippen molar-refractivity contribution < 1.29 is 9.59 Å². The molecule has 1 aliphatic heterocycles. The molecule has 2 unspecified atom stereocenters. The van der Waals surface area contributed by atoms with Crippen LogP contribution in [0.3, 0.4) is 0 Å². The highest BCUT2D eigenvalue weighted by Crippen LogP contribution is 2.35. The Morgan fingerprint density at radius 1 is 1.24 bits per heavy atom. The lowest BCUT2D eigenvalue weighted by molar-refractivity contribution is -0.136.